The molecule has 9 heteroatoms. The zero-order valence-electron chi connectivity index (χ0n) is 45.7. The van der Waals surface area contributed by atoms with Crippen molar-refractivity contribution < 1.29 is 32.9 Å². The summed E-state index contributed by atoms with van der Waals surface area (Å²) in [5.74, 6) is -0.200. The maximum atomic E-state index is 13.0. The van der Waals surface area contributed by atoms with Gasteiger partial charge in [-0.3, -0.25) is 9.36 Å². The molecule has 0 saturated carbocycles. The highest BCUT2D eigenvalue weighted by molar-refractivity contribution is 7.45. The molecule has 402 valence electrons. The Bertz CT molecular complexity index is 1500. The van der Waals surface area contributed by atoms with Gasteiger partial charge in [0, 0.05) is 6.42 Å². The second-order valence-electron chi connectivity index (χ2n) is 19.9. The molecule has 2 N–H and O–H groups in total. The number of aliphatic hydroxyl groups is 1. The van der Waals surface area contributed by atoms with Gasteiger partial charge in [-0.25, -0.2) is 0 Å². The zero-order chi connectivity index (χ0) is 51.3. The molecule has 0 rings (SSSR count). The van der Waals surface area contributed by atoms with Gasteiger partial charge in [-0.1, -0.05) is 239 Å². The first kappa shape index (κ1) is 67.2. The van der Waals surface area contributed by atoms with Gasteiger partial charge in [-0.2, -0.15) is 0 Å². The van der Waals surface area contributed by atoms with Crippen molar-refractivity contribution in [2.24, 2.45) is 0 Å². The summed E-state index contributed by atoms with van der Waals surface area (Å²) < 4.78 is 23.4. The third kappa shape index (κ3) is 53.0. The van der Waals surface area contributed by atoms with E-state index < -0.39 is 20.0 Å². The number of unbranched alkanes of at least 4 members (excludes halogenated alkanes) is 19. The van der Waals surface area contributed by atoms with Gasteiger partial charge in [0.15, 0.2) is 0 Å². The molecule has 0 aromatic rings. The Balaban J connectivity index is 4.30. The molecular formula is C61H107N2O6P. The van der Waals surface area contributed by atoms with Crippen molar-refractivity contribution in [3.8, 4) is 0 Å². The van der Waals surface area contributed by atoms with Gasteiger partial charge in [0.05, 0.1) is 39.9 Å². The standard InChI is InChI=1S/C61H107N2O6P/c1-6-8-10-12-14-16-18-20-22-24-25-26-27-28-29-30-31-32-33-34-35-36-37-39-41-43-45-47-49-51-53-55-61(65)62-59(58-69-70(66,67)68-57-56-63(3,4)5)60(64)54-52-50-48-46-44-42-40-38-23-21-19-17-15-13-11-9-7-2/h8,10,14,16,20,22,25-26,28-29,31-32,34-35,37,39,43,45,59-60,64H,6-7,9,11-13,15,17-19,21,23-24,27,30,33,36,38,40-42,44,46-58H2,1-5H3,(H-,62,65,66,67)/b10-8-,16-14-,22-20-,26-25-,29-28-,32-31-,35-34-,39-37-,45-43-. The van der Waals surface area contributed by atoms with E-state index in [9.17, 15) is 19.4 Å². The number of phosphoric ester groups is 1. The molecular weight excluding hydrogens is 888 g/mol. The summed E-state index contributed by atoms with van der Waals surface area (Å²) in [7, 11) is 1.27. The van der Waals surface area contributed by atoms with Gasteiger partial charge >= 0.3 is 0 Å². The Kier molecular flexibility index (Phi) is 49.0. The first-order chi connectivity index (χ1) is 34.0. The molecule has 0 aromatic heterocycles. The van der Waals surface area contributed by atoms with Crippen LogP contribution < -0.4 is 10.2 Å². The number of likely N-dealkylation sites (N-methyl/N-ethyl adjacent to an activating group) is 1. The Hall–Kier alpha value is -2.84. The monoisotopic (exact) mass is 995 g/mol. The topological polar surface area (TPSA) is 108 Å². The van der Waals surface area contributed by atoms with E-state index >= 15 is 0 Å². The van der Waals surface area contributed by atoms with E-state index in [0.717, 1.165) is 103 Å². The molecule has 0 fully saturated rings. The fraction of sp³-hybridized carbons (Fsp3) is 0.689. The van der Waals surface area contributed by atoms with Crippen molar-refractivity contribution in [1.29, 1.82) is 0 Å². The lowest BCUT2D eigenvalue weighted by atomic mass is 10.0. The zero-order valence-corrected chi connectivity index (χ0v) is 46.6. The van der Waals surface area contributed by atoms with Gasteiger partial charge < -0.3 is 28.8 Å². The van der Waals surface area contributed by atoms with E-state index in [4.69, 9.17) is 9.05 Å². The summed E-state index contributed by atoms with van der Waals surface area (Å²) >= 11 is 0. The van der Waals surface area contributed by atoms with Gasteiger partial charge in [-0.15, -0.1) is 0 Å². The minimum atomic E-state index is -4.59. The normalized spacial score (nSPS) is 14.8. The van der Waals surface area contributed by atoms with Crippen LogP contribution in [0, 0.1) is 0 Å². The number of quaternary nitrogens is 1. The van der Waals surface area contributed by atoms with E-state index in [2.05, 4.69) is 129 Å². The summed E-state index contributed by atoms with van der Waals surface area (Å²) in [6.07, 6.45) is 74.0. The van der Waals surface area contributed by atoms with Crippen LogP contribution in [-0.2, 0) is 18.4 Å². The maximum absolute atomic E-state index is 13.0. The predicted molar refractivity (Wildman–Crippen MR) is 302 cm³/mol. The second kappa shape index (κ2) is 51.1. The van der Waals surface area contributed by atoms with Crippen molar-refractivity contribution in [3.05, 3.63) is 109 Å². The summed E-state index contributed by atoms with van der Waals surface area (Å²) in [4.78, 5) is 25.5. The average molecular weight is 996 g/mol. The average Bonchev–Trinajstić information content (AvgIpc) is 3.32. The Labute approximate surface area is 431 Å². The highest BCUT2D eigenvalue weighted by Crippen LogP contribution is 2.38. The fourth-order valence-electron chi connectivity index (χ4n) is 7.62. The third-order valence-corrected chi connectivity index (χ3v) is 13.0. The maximum Gasteiger partial charge on any atom is 0.268 e. The number of carbonyl (C=O) groups excluding carboxylic acids is 1. The van der Waals surface area contributed by atoms with Crippen LogP contribution >= 0.6 is 7.82 Å². The number of amides is 1. The third-order valence-electron chi connectivity index (χ3n) is 12.0. The highest BCUT2D eigenvalue weighted by Gasteiger charge is 2.24. The van der Waals surface area contributed by atoms with E-state index in [0.29, 0.717) is 23.9 Å². The molecule has 0 bridgehead atoms. The van der Waals surface area contributed by atoms with Crippen LogP contribution in [0.3, 0.4) is 0 Å². The van der Waals surface area contributed by atoms with E-state index in [-0.39, 0.29) is 19.1 Å². The molecule has 0 saturated heterocycles. The van der Waals surface area contributed by atoms with Crippen LogP contribution in [-0.4, -0.2) is 68.5 Å². The number of hydrogen-bond donors (Lipinski definition) is 2. The molecule has 0 radical (unpaired) electrons. The predicted octanol–water partition coefficient (Wildman–Crippen LogP) is 16.6. The molecule has 8 nitrogen and oxygen atoms in total. The van der Waals surface area contributed by atoms with Crippen molar-refractivity contribution in [2.45, 2.75) is 231 Å². The van der Waals surface area contributed by atoms with Gasteiger partial charge in [0.25, 0.3) is 7.82 Å². The van der Waals surface area contributed by atoms with Crippen LogP contribution in [0.4, 0.5) is 0 Å². The first-order valence-electron chi connectivity index (χ1n) is 28.2. The lowest BCUT2D eigenvalue weighted by Gasteiger charge is -2.30. The summed E-state index contributed by atoms with van der Waals surface area (Å²) in [6.45, 7) is 4.58. The molecule has 0 aliphatic heterocycles. The van der Waals surface area contributed by atoms with Crippen LogP contribution in [0.2, 0.25) is 0 Å². The van der Waals surface area contributed by atoms with Gasteiger partial charge in [0.2, 0.25) is 5.91 Å². The SMILES string of the molecule is CC/C=C\C/C=C\C/C=C\C/C=C\C/C=C\C/C=C\C/C=C\C/C=C\C/C=C\CCCCCC(=O)NC(COP(=O)([O-])OCC[N+](C)(C)C)C(O)CCCCCCCCCCCCCCCCCCC. The van der Waals surface area contributed by atoms with Crippen molar-refractivity contribution >= 4 is 13.7 Å². The van der Waals surface area contributed by atoms with Crippen molar-refractivity contribution in [3.63, 3.8) is 0 Å². The smallest absolute Gasteiger partial charge is 0.268 e. The number of nitrogens with one attached hydrogen (secondary N) is 1. The minimum Gasteiger partial charge on any atom is -0.756 e. The first-order valence-corrected chi connectivity index (χ1v) is 29.7. The van der Waals surface area contributed by atoms with Crippen molar-refractivity contribution in [2.75, 3.05) is 40.9 Å². The number of carbonyl (C=O) groups is 1. The largest absolute Gasteiger partial charge is 0.756 e. The highest BCUT2D eigenvalue weighted by atomic mass is 31.2. The number of nitrogens with zero attached hydrogens (tertiary/aromatic N) is 1. The Morgan fingerprint density at radius 2 is 0.871 bits per heavy atom. The molecule has 0 aromatic carbocycles. The molecule has 1 amide bonds. The van der Waals surface area contributed by atoms with Crippen LogP contribution in [0.25, 0.3) is 0 Å². The quantitative estimate of drug-likeness (QED) is 0.0272. The van der Waals surface area contributed by atoms with E-state index in [1.807, 2.05) is 21.1 Å². The molecule has 70 heavy (non-hydrogen) atoms. The van der Waals surface area contributed by atoms with E-state index in [1.165, 1.54) is 89.9 Å². The fourth-order valence-corrected chi connectivity index (χ4v) is 8.34. The van der Waals surface area contributed by atoms with Crippen LogP contribution in [0.1, 0.15) is 219 Å². The number of phosphoric acid groups is 1. The van der Waals surface area contributed by atoms with Crippen LogP contribution in [0.5, 0.6) is 0 Å². The molecule has 0 heterocycles. The second-order valence-corrected chi connectivity index (χ2v) is 21.3. The molecule has 3 unspecified atom stereocenters. The lowest BCUT2D eigenvalue weighted by molar-refractivity contribution is -0.870. The van der Waals surface area contributed by atoms with E-state index in [1.54, 1.807) is 0 Å². The Morgan fingerprint density at radius 1 is 0.514 bits per heavy atom. The number of hydrogen-bond acceptors (Lipinski definition) is 6. The molecule has 3 atom stereocenters. The number of allylic oxidation sites excluding steroid dienone is 18. The molecule has 0 spiro atoms. The van der Waals surface area contributed by atoms with Crippen molar-refractivity contribution in [1.82, 2.24) is 5.32 Å². The summed E-state index contributed by atoms with van der Waals surface area (Å²) in [6, 6.07) is -0.827. The number of rotatable bonds is 50. The van der Waals surface area contributed by atoms with Gasteiger partial charge in [0.1, 0.15) is 13.2 Å². The number of aliphatic hydroxyl groups excluding tert-OH is 1. The molecule has 0 aliphatic carbocycles. The summed E-state index contributed by atoms with van der Waals surface area (Å²) in [5.41, 5.74) is 0. The minimum absolute atomic E-state index is 0.000557. The van der Waals surface area contributed by atoms with Gasteiger partial charge in [-0.05, 0) is 83.5 Å². The molecule has 0 aliphatic rings. The van der Waals surface area contributed by atoms with Crippen LogP contribution in [0.15, 0.2) is 109 Å². The summed E-state index contributed by atoms with van der Waals surface area (Å²) in [5, 5.41) is 14.0. The Morgan fingerprint density at radius 3 is 1.26 bits per heavy atom. The lowest BCUT2D eigenvalue weighted by Crippen LogP contribution is -2.46.